The van der Waals surface area contributed by atoms with Crippen LogP contribution in [0.2, 0.25) is 0 Å². The first-order valence-corrected chi connectivity index (χ1v) is 7.83. The van der Waals surface area contributed by atoms with Crippen molar-refractivity contribution in [2.45, 2.75) is 0 Å². The van der Waals surface area contributed by atoms with Gasteiger partial charge in [-0.1, -0.05) is 30.3 Å². The Bertz CT molecular complexity index is 1000. The lowest BCUT2D eigenvalue weighted by molar-refractivity contribution is -0.123. The van der Waals surface area contributed by atoms with E-state index in [9.17, 15) is 9.90 Å². The summed E-state index contributed by atoms with van der Waals surface area (Å²) in [6.45, 7) is -0.215. The normalized spacial score (nSPS) is 10.6. The highest BCUT2D eigenvalue weighted by molar-refractivity contribution is 5.97. The number of fused-ring (bicyclic) bond motifs is 1. The first-order chi connectivity index (χ1) is 12.7. The van der Waals surface area contributed by atoms with Crippen LogP contribution in [0.4, 0.5) is 0 Å². The van der Waals surface area contributed by atoms with Crippen molar-refractivity contribution in [1.29, 1.82) is 5.26 Å². The molecule has 0 unspecified atom stereocenters. The van der Waals surface area contributed by atoms with Gasteiger partial charge in [0, 0.05) is 10.9 Å². The highest BCUT2D eigenvalue weighted by Crippen LogP contribution is 2.27. The lowest BCUT2D eigenvalue weighted by Gasteiger charge is -2.05. The Kier molecular flexibility index (Phi) is 5.11. The van der Waals surface area contributed by atoms with Crippen molar-refractivity contribution in [3.05, 3.63) is 71.8 Å². The summed E-state index contributed by atoms with van der Waals surface area (Å²) in [6, 6.07) is 19.5. The summed E-state index contributed by atoms with van der Waals surface area (Å²) in [5.74, 6) is 0.149. The van der Waals surface area contributed by atoms with Gasteiger partial charge < -0.3 is 9.84 Å². The molecule has 0 saturated heterocycles. The maximum atomic E-state index is 11.8. The van der Waals surface area contributed by atoms with Gasteiger partial charge in [-0.2, -0.15) is 10.4 Å². The molecule has 0 aliphatic rings. The van der Waals surface area contributed by atoms with Gasteiger partial charge >= 0.3 is 0 Å². The fraction of sp³-hybridized carbons (Fsp3) is 0.0500. The highest BCUT2D eigenvalue weighted by Gasteiger charge is 2.05. The summed E-state index contributed by atoms with van der Waals surface area (Å²) < 4.78 is 5.31. The predicted molar refractivity (Wildman–Crippen MR) is 98.0 cm³/mol. The average molecular weight is 345 g/mol. The Morgan fingerprint density at radius 2 is 1.92 bits per heavy atom. The van der Waals surface area contributed by atoms with Gasteiger partial charge in [-0.3, -0.25) is 4.79 Å². The minimum atomic E-state index is -0.439. The van der Waals surface area contributed by atoms with E-state index in [1.807, 2.05) is 36.4 Å². The number of rotatable bonds is 5. The first-order valence-electron chi connectivity index (χ1n) is 7.83. The SMILES string of the molecule is N#Cc1ccc(OCC(=O)N/N=C\c2ccc3ccccc3c2O)cc1. The third-order valence-corrected chi connectivity index (χ3v) is 3.68. The van der Waals surface area contributed by atoms with Crippen molar-refractivity contribution in [1.82, 2.24) is 5.43 Å². The lowest BCUT2D eigenvalue weighted by Crippen LogP contribution is -2.24. The number of nitriles is 1. The molecule has 0 spiro atoms. The van der Waals surface area contributed by atoms with Crippen LogP contribution in [0.5, 0.6) is 11.5 Å². The molecule has 0 fully saturated rings. The van der Waals surface area contributed by atoms with Crippen LogP contribution in [-0.4, -0.2) is 23.8 Å². The van der Waals surface area contributed by atoms with Crippen LogP contribution >= 0.6 is 0 Å². The Balaban J connectivity index is 1.57. The predicted octanol–water partition coefficient (Wildman–Crippen LogP) is 2.95. The molecule has 3 rings (SSSR count). The number of nitrogens with one attached hydrogen (secondary N) is 1. The van der Waals surface area contributed by atoms with E-state index in [-0.39, 0.29) is 12.4 Å². The molecule has 0 aliphatic heterocycles. The molecule has 1 amide bonds. The van der Waals surface area contributed by atoms with Crippen molar-refractivity contribution >= 4 is 22.9 Å². The summed E-state index contributed by atoms with van der Waals surface area (Å²) in [5.41, 5.74) is 3.35. The second-order valence-corrected chi connectivity index (χ2v) is 5.44. The number of carbonyl (C=O) groups excluding carboxylic acids is 1. The molecule has 128 valence electrons. The van der Waals surface area contributed by atoms with Crippen LogP contribution in [0.15, 0.2) is 65.8 Å². The molecule has 3 aromatic rings. The molecule has 0 heterocycles. The van der Waals surface area contributed by atoms with Crippen LogP contribution in [0, 0.1) is 11.3 Å². The number of phenolic OH excluding ortho intramolecular Hbond substituents is 1. The Labute approximate surface area is 150 Å². The van der Waals surface area contributed by atoms with Crippen molar-refractivity contribution in [3.8, 4) is 17.6 Å². The van der Waals surface area contributed by atoms with Crippen LogP contribution in [-0.2, 0) is 4.79 Å². The minimum absolute atomic E-state index is 0.106. The van der Waals surface area contributed by atoms with E-state index in [1.54, 1.807) is 30.3 Å². The first kappa shape index (κ1) is 17.0. The number of hydrogen-bond acceptors (Lipinski definition) is 5. The number of carbonyl (C=O) groups is 1. The zero-order chi connectivity index (χ0) is 18.4. The second kappa shape index (κ2) is 7.81. The number of hydrazone groups is 1. The molecular weight excluding hydrogens is 330 g/mol. The van der Waals surface area contributed by atoms with Gasteiger partial charge in [0.25, 0.3) is 5.91 Å². The topological polar surface area (TPSA) is 94.7 Å². The molecule has 0 saturated carbocycles. The van der Waals surface area contributed by atoms with Crippen LogP contribution < -0.4 is 10.2 Å². The summed E-state index contributed by atoms with van der Waals surface area (Å²) in [6.07, 6.45) is 1.38. The number of amides is 1. The molecule has 3 aromatic carbocycles. The van der Waals surface area contributed by atoms with Crippen LogP contribution in [0.1, 0.15) is 11.1 Å². The summed E-state index contributed by atoms with van der Waals surface area (Å²) in [4.78, 5) is 11.8. The average Bonchev–Trinajstić information content (AvgIpc) is 2.69. The molecule has 26 heavy (non-hydrogen) atoms. The van der Waals surface area contributed by atoms with Gasteiger partial charge in [-0.05, 0) is 35.7 Å². The third kappa shape index (κ3) is 3.97. The van der Waals surface area contributed by atoms with Gasteiger partial charge in [-0.15, -0.1) is 0 Å². The lowest BCUT2D eigenvalue weighted by atomic mass is 10.1. The van der Waals surface area contributed by atoms with Gasteiger partial charge in [0.05, 0.1) is 17.8 Å². The quantitative estimate of drug-likeness (QED) is 0.549. The summed E-state index contributed by atoms with van der Waals surface area (Å²) in [7, 11) is 0. The monoisotopic (exact) mass is 345 g/mol. The standard InChI is InChI=1S/C20H15N3O3/c21-11-14-5-9-17(10-6-14)26-13-19(24)23-22-12-16-8-7-15-3-1-2-4-18(15)20(16)25/h1-10,12,25H,13H2,(H,23,24)/b22-12-. The summed E-state index contributed by atoms with van der Waals surface area (Å²) in [5, 5.41) is 24.5. The van der Waals surface area contributed by atoms with Crippen molar-refractivity contribution in [2.24, 2.45) is 5.10 Å². The van der Waals surface area contributed by atoms with Gasteiger partial charge in [0.15, 0.2) is 6.61 Å². The Morgan fingerprint density at radius 3 is 2.69 bits per heavy atom. The minimum Gasteiger partial charge on any atom is -0.507 e. The second-order valence-electron chi connectivity index (χ2n) is 5.44. The van der Waals surface area contributed by atoms with E-state index in [0.717, 1.165) is 5.39 Å². The maximum absolute atomic E-state index is 11.8. The molecule has 0 radical (unpaired) electrons. The zero-order valence-corrected chi connectivity index (χ0v) is 13.7. The van der Waals surface area contributed by atoms with Crippen LogP contribution in [0.3, 0.4) is 0 Å². The van der Waals surface area contributed by atoms with Crippen molar-refractivity contribution in [2.75, 3.05) is 6.61 Å². The smallest absolute Gasteiger partial charge is 0.277 e. The van der Waals surface area contributed by atoms with E-state index in [2.05, 4.69) is 10.5 Å². The molecule has 0 bridgehead atoms. The molecular formula is C20H15N3O3. The maximum Gasteiger partial charge on any atom is 0.277 e. The molecule has 0 atom stereocenters. The van der Waals surface area contributed by atoms with Crippen molar-refractivity contribution < 1.29 is 14.6 Å². The number of hydrogen-bond donors (Lipinski definition) is 2. The number of benzene rings is 3. The fourth-order valence-corrected chi connectivity index (χ4v) is 2.36. The number of phenols is 1. The molecule has 6 nitrogen and oxygen atoms in total. The zero-order valence-electron chi connectivity index (χ0n) is 13.7. The van der Waals surface area contributed by atoms with Gasteiger partial charge in [-0.25, -0.2) is 5.43 Å². The fourth-order valence-electron chi connectivity index (χ4n) is 2.36. The van der Waals surface area contributed by atoms with Crippen molar-refractivity contribution in [3.63, 3.8) is 0 Å². The molecule has 6 heteroatoms. The van der Waals surface area contributed by atoms with E-state index in [0.29, 0.717) is 22.3 Å². The number of ether oxygens (including phenoxy) is 1. The molecule has 0 aliphatic carbocycles. The number of aromatic hydroxyl groups is 1. The summed E-state index contributed by atoms with van der Waals surface area (Å²) >= 11 is 0. The highest BCUT2D eigenvalue weighted by atomic mass is 16.5. The Hall–Kier alpha value is -3.85. The van der Waals surface area contributed by atoms with Crippen LogP contribution in [0.25, 0.3) is 10.8 Å². The largest absolute Gasteiger partial charge is 0.507 e. The van der Waals surface area contributed by atoms with Gasteiger partial charge in [0.2, 0.25) is 0 Å². The van der Waals surface area contributed by atoms with Gasteiger partial charge in [0.1, 0.15) is 11.5 Å². The number of nitrogens with zero attached hydrogens (tertiary/aromatic N) is 2. The molecule has 2 N–H and O–H groups in total. The van der Waals surface area contributed by atoms with E-state index < -0.39 is 5.91 Å². The third-order valence-electron chi connectivity index (χ3n) is 3.68. The van der Waals surface area contributed by atoms with E-state index in [1.165, 1.54) is 6.21 Å². The van der Waals surface area contributed by atoms with E-state index >= 15 is 0 Å². The van der Waals surface area contributed by atoms with E-state index in [4.69, 9.17) is 10.00 Å². The Morgan fingerprint density at radius 1 is 1.15 bits per heavy atom. The molecule has 0 aromatic heterocycles.